The molecule has 0 aliphatic carbocycles. The highest BCUT2D eigenvalue weighted by molar-refractivity contribution is 7.07. The minimum Gasteiger partial charge on any atom is -0.487 e. The third-order valence-corrected chi connectivity index (χ3v) is 2.87. The summed E-state index contributed by atoms with van der Waals surface area (Å²) in [6, 6.07) is 7.44. The number of ether oxygens (including phenoxy) is 1. The zero-order chi connectivity index (χ0) is 11.4. The van der Waals surface area contributed by atoms with Crippen LogP contribution >= 0.6 is 11.3 Å². The van der Waals surface area contributed by atoms with E-state index in [0.29, 0.717) is 6.61 Å². The first-order valence-corrected chi connectivity index (χ1v) is 5.98. The van der Waals surface area contributed by atoms with Crippen molar-refractivity contribution in [3.63, 3.8) is 0 Å². The lowest BCUT2D eigenvalue weighted by Crippen LogP contribution is -1.96. The van der Waals surface area contributed by atoms with Crippen molar-refractivity contribution in [2.45, 2.75) is 19.6 Å². The van der Waals surface area contributed by atoms with Crippen LogP contribution < -0.4 is 4.74 Å². The Hall–Kier alpha value is -1.39. The summed E-state index contributed by atoms with van der Waals surface area (Å²) in [6.07, 6.45) is -0.437. The number of aromatic nitrogens is 1. The fraction of sp³-hybridized carbons (Fsp3) is 0.250. The van der Waals surface area contributed by atoms with Crippen molar-refractivity contribution in [1.29, 1.82) is 0 Å². The summed E-state index contributed by atoms with van der Waals surface area (Å²) in [7, 11) is 0. The fourth-order valence-corrected chi connectivity index (χ4v) is 1.85. The number of rotatable bonds is 4. The highest BCUT2D eigenvalue weighted by Gasteiger charge is 2.01. The average Bonchev–Trinajstić information content (AvgIpc) is 2.80. The number of hydrogen-bond acceptors (Lipinski definition) is 4. The third-order valence-electron chi connectivity index (χ3n) is 2.23. The molecule has 0 radical (unpaired) electrons. The first-order valence-electron chi connectivity index (χ1n) is 5.03. The van der Waals surface area contributed by atoms with E-state index < -0.39 is 6.10 Å². The molecule has 0 saturated heterocycles. The van der Waals surface area contributed by atoms with Gasteiger partial charge in [0.2, 0.25) is 0 Å². The van der Waals surface area contributed by atoms with Gasteiger partial charge in [-0.25, -0.2) is 4.98 Å². The van der Waals surface area contributed by atoms with Gasteiger partial charge in [-0.3, -0.25) is 0 Å². The van der Waals surface area contributed by atoms with E-state index in [4.69, 9.17) is 4.74 Å². The largest absolute Gasteiger partial charge is 0.487 e. The van der Waals surface area contributed by atoms with Crippen LogP contribution in [0.25, 0.3) is 0 Å². The molecule has 0 bridgehead atoms. The predicted molar refractivity (Wildman–Crippen MR) is 63.5 cm³/mol. The van der Waals surface area contributed by atoms with Crippen molar-refractivity contribution in [2.24, 2.45) is 0 Å². The molecule has 0 spiro atoms. The Morgan fingerprint density at radius 2 is 2.12 bits per heavy atom. The van der Waals surface area contributed by atoms with Crippen LogP contribution in [-0.4, -0.2) is 10.1 Å². The Kier molecular flexibility index (Phi) is 3.54. The number of aliphatic hydroxyl groups is 1. The molecule has 2 rings (SSSR count). The normalized spacial score (nSPS) is 12.4. The summed E-state index contributed by atoms with van der Waals surface area (Å²) < 4.78 is 5.55. The second-order valence-corrected chi connectivity index (χ2v) is 4.23. The van der Waals surface area contributed by atoms with E-state index in [1.807, 2.05) is 29.6 Å². The number of thiazole rings is 1. The fourth-order valence-electron chi connectivity index (χ4n) is 1.31. The summed E-state index contributed by atoms with van der Waals surface area (Å²) in [5.41, 5.74) is 3.61. The molecular formula is C12H13NO2S. The Morgan fingerprint density at radius 3 is 2.69 bits per heavy atom. The van der Waals surface area contributed by atoms with Gasteiger partial charge in [-0.15, -0.1) is 11.3 Å². The molecule has 4 heteroatoms. The molecule has 16 heavy (non-hydrogen) atoms. The maximum absolute atomic E-state index is 9.35. The van der Waals surface area contributed by atoms with Gasteiger partial charge in [0, 0.05) is 5.38 Å². The second-order valence-electron chi connectivity index (χ2n) is 3.51. The van der Waals surface area contributed by atoms with E-state index in [1.54, 1.807) is 23.8 Å². The molecule has 1 aromatic carbocycles. The van der Waals surface area contributed by atoms with Crippen LogP contribution in [0, 0.1) is 0 Å². The van der Waals surface area contributed by atoms with Crippen LogP contribution in [0.1, 0.15) is 24.3 Å². The van der Waals surface area contributed by atoms with Gasteiger partial charge < -0.3 is 9.84 Å². The number of aliphatic hydroxyl groups excluding tert-OH is 1. The summed E-state index contributed by atoms with van der Waals surface area (Å²) in [4.78, 5) is 4.13. The summed E-state index contributed by atoms with van der Waals surface area (Å²) in [6.45, 7) is 2.22. The Bertz CT molecular complexity index is 423. The lowest BCUT2D eigenvalue weighted by Gasteiger charge is -2.07. The quantitative estimate of drug-likeness (QED) is 0.886. The highest BCUT2D eigenvalue weighted by Crippen LogP contribution is 2.18. The second kappa shape index (κ2) is 5.09. The minimum absolute atomic E-state index is 0.437. The van der Waals surface area contributed by atoms with E-state index in [0.717, 1.165) is 17.0 Å². The molecule has 0 saturated carbocycles. The summed E-state index contributed by atoms with van der Waals surface area (Å²) in [5.74, 6) is 0.789. The Balaban J connectivity index is 1.95. The van der Waals surface area contributed by atoms with Gasteiger partial charge in [-0.2, -0.15) is 0 Å². The minimum atomic E-state index is -0.437. The van der Waals surface area contributed by atoms with Gasteiger partial charge in [-0.05, 0) is 24.6 Å². The van der Waals surface area contributed by atoms with Gasteiger partial charge in [0.1, 0.15) is 12.4 Å². The van der Waals surface area contributed by atoms with Crippen LogP contribution in [0.2, 0.25) is 0 Å². The molecule has 3 nitrogen and oxygen atoms in total. The molecule has 0 fully saturated rings. The van der Waals surface area contributed by atoms with Crippen molar-refractivity contribution < 1.29 is 9.84 Å². The SMILES string of the molecule is C[C@H](O)c1ccc(OCc2cscn2)cc1. The summed E-state index contributed by atoms with van der Waals surface area (Å²) >= 11 is 1.56. The highest BCUT2D eigenvalue weighted by atomic mass is 32.1. The zero-order valence-electron chi connectivity index (χ0n) is 8.96. The molecule has 0 aliphatic rings. The maximum Gasteiger partial charge on any atom is 0.131 e. The van der Waals surface area contributed by atoms with Crippen LogP contribution in [0.15, 0.2) is 35.2 Å². The van der Waals surface area contributed by atoms with Gasteiger partial charge >= 0.3 is 0 Å². The first-order chi connectivity index (χ1) is 7.75. The van der Waals surface area contributed by atoms with Crippen LogP contribution in [-0.2, 0) is 6.61 Å². The monoisotopic (exact) mass is 235 g/mol. The van der Waals surface area contributed by atoms with Crippen molar-refractivity contribution >= 4 is 11.3 Å². The molecule has 1 aromatic heterocycles. The van der Waals surface area contributed by atoms with E-state index in [9.17, 15) is 5.11 Å². The third kappa shape index (κ3) is 2.81. The summed E-state index contributed by atoms with van der Waals surface area (Å²) in [5, 5.41) is 11.3. The average molecular weight is 235 g/mol. The van der Waals surface area contributed by atoms with Crippen LogP contribution in [0.4, 0.5) is 0 Å². The number of hydrogen-bond donors (Lipinski definition) is 1. The van der Waals surface area contributed by atoms with E-state index in [2.05, 4.69) is 4.98 Å². The van der Waals surface area contributed by atoms with Crippen LogP contribution in [0.3, 0.4) is 0 Å². The van der Waals surface area contributed by atoms with Crippen molar-refractivity contribution in [3.8, 4) is 5.75 Å². The molecule has 84 valence electrons. The van der Waals surface area contributed by atoms with E-state index in [1.165, 1.54) is 0 Å². The topological polar surface area (TPSA) is 42.4 Å². The maximum atomic E-state index is 9.35. The Morgan fingerprint density at radius 1 is 1.38 bits per heavy atom. The van der Waals surface area contributed by atoms with Crippen molar-refractivity contribution in [3.05, 3.63) is 46.4 Å². The van der Waals surface area contributed by atoms with E-state index in [-0.39, 0.29) is 0 Å². The van der Waals surface area contributed by atoms with Crippen LogP contribution in [0.5, 0.6) is 5.75 Å². The Labute approximate surface area is 98.4 Å². The van der Waals surface area contributed by atoms with Gasteiger partial charge in [0.15, 0.2) is 0 Å². The lowest BCUT2D eigenvalue weighted by atomic mass is 10.1. The molecule has 1 atom stereocenters. The molecule has 0 aliphatic heterocycles. The predicted octanol–water partition coefficient (Wildman–Crippen LogP) is 2.78. The molecule has 1 heterocycles. The molecule has 0 amide bonds. The van der Waals surface area contributed by atoms with Crippen molar-refractivity contribution in [1.82, 2.24) is 4.98 Å². The molecule has 1 N–H and O–H groups in total. The molecule has 0 unspecified atom stereocenters. The molecular weight excluding hydrogens is 222 g/mol. The standard InChI is InChI=1S/C12H13NO2S/c1-9(14)10-2-4-12(5-3-10)15-6-11-7-16-8-13-11/h2-5,7-9,14H,6H2,1H3/t9-/m0/s1. The van der Waals surface area contributed by atoms with Crippen molar-refractivity contribution in [2.75, 3.05) is 0 Å². The smallest absolute Gasteiger partial charge is 0.131 e. The van der Waals surface area contributed by atoms with Gasteiger partial charge in [0.05, 0.1) is 17.3 Å². The number of benzene rings is 1. The number of nitrogens with zero attached hydrogens (tertiary/aromatic N) is 1. The molecule has 2 aromatic rings. The zero-order valence-corrected chi connectivity index (χ0v) is 9.78. The lowest BCUT2D eigenvalue weighted by molar-refractivity contribution is 0.199. The van der Waals surface area contributed by atoms with Gasteiger partial charge in [0.25, 0.3) is 0 Å². The van der Waals surface area contributed by atoms with E-state index >= 15 is 0 Å². The van der Waals surface area contributed by atoms with Gasteiger partial charge in [-0.1, -0.05) is 12.1 Å². The first kappa shape index (κ1) is 11.1.